The van der Waals surface area contributed by atoms with Gasteiger partial charge < -0.3 is 22.4 Å². The molecule has 3 rings (SSSR count). The topological polar surface area (TPSA) is 111 Å². The molecule has 3 heterocycles. The number of aromatic nitrogens is 1. The van der Waals surface area contributed by atoms with E-state index in [0.29, 0.717) is 24.7 Å². The van der Waals surface area contributed by atoms with Gasteiger partial charge in [-0.3, -0.25) is 9.98 Å². The number of rotatable bonds is 9. The van der Waals surface area contributed by atoms with Gasteiger partial charge in [0.2, 0.25) is 0 Å². The van der Waals surface area contributed by atoms with E-state index in [1.807, 2.05) is 6.92 Å². The van der Waals surface area contributed by atoms with Crippen molar-refractivity contribution in [2.45, 2.75) is 25.3 Å². The molecule has 0 saturated carbocycles. The first-order valence-electron chi connectivity index (χ1n) is 9.44. The molecule has 1 aromatic heterocycles. The number of nitrogens with one attached hydrogen (secondary N) is 1. The molecule has 9 nitrogen and oxygen atoms in total. The predicted octanol–water partition coefficient (Wildman–Crippen LogP) is 1.64. The molecule has 2 aliphatic rings. The Kier molecular flexibility index (Phi) is 13.2. The van der Waals surface area contributed by atoms with E-state index in [4.69, 9.17) is 14.2 Å². The smallest absolute Gasteiger partial charge is 1.00 e. The minimum absolute atomic E-state index is 0. The molecule has 1 unspecified atom stereocenters. The molecule has 0 amide bonds. The third-order valence-electron chi connectivity index (χ3n) is 4.18. The van der Waals surface area contributed by atoms with E-state index in [1.54, 1.807) is 44.1 Å². The van der Waals surface area contributed by atoms with Gasteiger partial charge in [0.15, 0.2) is 9.84 Å². The minimum atomic E-state index is -3.57. The summed E-state index contributed by atoms with van der Waals surface area (Å²) in [5.41, 5.74) is 1.19. The van der Waals surface area contributed by atoms with Crippen molar-refractivity contribution in [2.75, 3.05) is 34.0 Å². The average molecular weight is 479 g/mol. The number of aliphatic imine (C=N–C) groups is 2. The number of hydrogen-bond acceptors (Lipinski definition) is 9. The molecule has 168 valence electrons. The number of nitrogens with zero attached hydrogens (tertiary/aromatic N) is 3. The first kappa shape index (κ1) is 27.7. The van der Waals surface area contributed by atoms with Gasteiger partial charge in [-0.25, -0.2) is 13.4 Å². The Bertz CT molecular complexity index is 917. The van der Waals surface area contributed by atoms with Crippen LogP contribution in [0.2, 0.25) is 0 Å². The molecule has 0 radical (unpaired) electrons. The molecule has 1 N–H and O–H groups in total. The normalized spacial score (nSPS) is 16.6. The molecule has 0 aromatic carbocycles. The van der Waals surface area contributed by atoms with Crippen molar-refractivity contribution in [3.63, 3.8) is 0 Å². The Balaban J connectivity index is 0. The van der Waals surface area contributed by atoms with Gasteiger partial charge in [-0.2, -0.15) is 0 Å². The quantitative estimate of drug-likeness (QED) is 0.424. The largest absolute Gasteiger partial charge is 2.00 e. The van der Waals surface area contributed by atoms with Crippen molar-refractivity contribution in [1.29, 1.82) is 0 Å². The summed E-state index contributed by atoms with van der Waals surface area (Å²) in [6.07, 6.45) is 10.1. The second kappa shape index (κ2) is 14.7. The van der Waals surface area contributed by atoms with Crippen LogP contribution in [0.25, 0.3) is 0 Å². The summed E-state index contributed by atoms with van der Waals surface area (Å²) in [7, 11) is -0.423. The molecule has 0 aliphatic carbocycles. The van der Waals surface area contributed by atoms with Gasteiger partial charge in [0.25, 0.3) is 0 Å². The number of sulfone groups is 1. The Morgan fingerprint density at radius 3 is 2.71 bits per heavy atom. The molecule has 11 heteroatoms. The first-order chi connectivity index (χ1) is 14.5. The fraction of sp³-hybridized carbons (Fsp3) is 0.450. The van der Waals surface area contributed by atoms with Crippen LogP contribution in [0.5, 0.6) is 5.75 Å². The van der Waals surface area contributed by atoms with Crippen LogP contribution in [0, 0.1) is 6.92 Å². The zero-order valence-electron chi connectivity index (χ0n) is 20.2. The molecule has 0 fully saturated rings. The van der Waals surface area contributed by atoms with Crippen molar-refractivity contribution in [3.8, 4) is 5.75 Å². The molecular formula is C20H30CaN4O5S. The van der Waals surface area contributed by atoms with Crippen LogP contribution < -0.4 is 10.1 Å². The van der Waals surface area contributed by atoms with E-state index in [1.165, 1.54) is 13.2 Å². The van der Waals surface area contributed by atoms with E-state index in [9.17, 15) is 8.42 Å². The Morgan fingerprint density at radius 2 is 2.10 bits per heavy atom. The molecular weight excluding hydrogens is 448 g/mol. The van der Waals surface area contributed by atoms with E-state index >= 15 is 0 Å². The summed E-state index contributed by atoms with van der Waals surface area (Å²) in [5, 5.41) is 2.96. The zero-order chi connectivity index (χ0) is 21.8. The standard InChI is InChI=1S/C17H24N2O5S.C3H4N2.Ca.2H/c1-13-14(18-9-8-15(13)24-11-5-10-22-2)12-25(20,21)17-7-4-6-16(19-17)23-3;1-2-5-3-4-1;;;/h4,6-9,16,19H,5,10-12H2,1-3H3;1,3H,2H2;;;/q;;+2;2*-1. The number of ether oxygens (including phenoxy) is 3. The first-order valence-corrected chi connectivity index (χ1v) is 11.1. The maximum Gasteiger partial charge on any atom is 2.00 e. The fourth-order valence-corrected chi connectivity index (χ4v) is 3.94. The van der Waals surface area contributed by atoms with Gasteiger partial charge in [0.1, 0.15) is 23.3 Å². The van der Waals surface area contributed by atoms with Gasteiger partial charge in [-0.1, -0.05) is 6.08 Å². The van der Waals surface area contributed by atoms with Crippen LogP contribution in [0.1, 0.15) is 20.5 Å². The zero-order valence-corrected chi connectivity index (χ0v) is 21.2. The van der Waals surface area contributed by atoms with Gasteiger partial charge in [0, 0.05) is 45.2 Å². The minimum Gasteiger partial charge on any atom is -1.00 e. The maximum absolute atomic E-state index is 12.7. The van der Waals surface area contributed by atoms with E-state index in [0.717, 1.165) is 18.5 Å². The van der Waals surface area contributed by atoms with Crippen molar-refractivity contribution >= 4 is 60.1 Å². The van der Waals surface area contributed by atoms with Gasteiger partial charge in [-0.15, -0.1) is 0 Å². The monoisotopic (exact) mass is 478 g/mol. The summed E-state index contributed by atoms with van der Waals surface area (Å²) in [6, 6.07) is 1.74. The summed E-state index contributed by atoms with van der Waals surface area (Å²) in [4.78, 5) is 11.6. The van der Waals surface area contributed by atoms with Crippen LogP contribution in [0.4, 0.5) is 0 Å². The molecule has 0 saturated heterocycles. The number of allylic oxidation sites excluding steroid dienone is 2. The van der Waals surface area contributed by atoms with E-state index < -0.39 is 16.1 Å². The Morgan fingerprint density at radius 1 is 1.29 bits per heavy atom. The van der Waals surface area contributed by atoms with E-state index in [-0.39, 0.29) is 51.4 Å². The van der Waals surface area contributed by atoms with Crippen LogP contribution in [-0.4, -0.2) is 104 Å². The molecule has 31 heavy (non-hydrogen) atoms. The second-order valence-electron chi connectivity index (χ2n) is 6.36. The van der Waals surface area contributed by atoms with Crippen molar-refractivity contribution in [3.05, 3.63) is 46.8 Å². The third-order valence-corrected chi connectivity index (χ3v) is 5.76. The van der Waals surface area contributed by atoms with Crippen LogP contribution >= 0.6 is 0 Å². The average Bonchev–Trinajstić information content (AvgIpc) is 3.34. The molecule has 1 aromatic rings. The fourth-order valence-electron chi connectivity index (χ4n) is 2.55. The number of methoxy groups -OCH3 is 2. The van der Waals surface area contributed by atoms with Crippen molar-refractivity contribution < 1.29 is 25.5 Å². The van der Waals surface area contributed by atoms with E-state index in [2.05, 4.69) is 20.3 Å². The third kappa shape index (κ3) is 9.38. The predicted molar refractivity (Wildman–Crippen MR) is 125 cm³/mol. The second-order valence-corrected chi connectivity index (χ2v) is 8.32. The summed E-state index contributed by atoms with van der Waals surface area (Å²) >= 11 is 0. The van der Waals surface area contributed by atoms with Gasteiger partial charge in [0.05, 0.1) is 24.6 Å². The van der Waals surface area contributed by atoms with Crippen LogP contribution in [0.3, 0.4) is 0 Å². The van der Waals surface area contributed by atoms with Crippen LogP contribution in [-0.2, 0) is 25.1 Å². The summed E-state index contributed by atoms with van der Waals surface area (Å²) in [5.74, 6) is 0.425. The molecule has 2 aliphatic heterocycles. The maximum atomic E-state index is 12.7. The molecule has 1 atom stereocenters. The number of dihydropyridines is 1. The number of pyridine rings is 1. The summed E-state index contributed by atoms with van der Waals surface area (Å²) in [6.45, 7) is 3.70. The van der Waals surface area contributed by atoms with Crippen molar-refractivity contribution in [1.82, 2.24) is 10.3 Å². The number of hydrogen-bond donors (Lipinski definition) is 1. The van der Waals surface area contributed by atoms with Crippen LogP contribution in [0.15, 0.2) is 45.5 Å². The SMILES string of the molecule is C1=NC=NC1.COCCCOc1ccnc(CS(=O)(=O)C2=CC=CC(OC)N2)c1C.[Ca+2].[H-].[H-]. The summed E-state index contributed by atoms with van der Waals surface area (Å²) < 4.78 is 41.1. The van der Waals surface area contributed by atoms with Gasteiger partial charge in [-0.05, 0) is 25.1 Å². The Hall–Kier alpha value is -1.30. The van der Waals surface area contributed by atoms with Crippen molar-refractivity contribution in [2.24, 2.45) is 9.98 Å². The molecule has 0 bridgehead atoms. The molecule has 0 spiro atoms. The Labute approximate surface area is 216 Å². The van der Waals surface area contributed by atoms with Gasteiger partial charge >= 0.3 is 37.7 Å².